The van der Waals surface area contributed by atoms with Crippen LogP contribution in [-0.4, -0.2) is 37.4 Å². The van der Waals surface area contributed by atoms with Crippen molar-refractivity contribution in [3.05, 3.63) is 69.8 Å². The molecule has 8 nitrogen and oxygen atoms in total. The molecule has 0 saturated heterocycles. The molecule has 0 radical (unpaired) electrons. The van der Waals surface area contributed by atoms with E-state index >= 15 is 0 Å². The van der Waals surface area contributed by atoms with E-state index in [1.807, 2.05) is 27.6 Å². The minimum atomic E-state index is -0.105. The molecule has 1 fully saturated rings. The van der Waals surface area contributed by atoms with Crippen molar-refractivity contribution >= 4 is 22.7 Å². The molecule has 4 heterocycles. The zero-order valence-electron chi connectivity index (χ0n) is 20.5. The summed E-state index contributed by atoms with van der Waals surface area (Å²) in [5.41, 5.74) is 5.07. The second-order valence-corrected chi connectivity index (χ2v) is 10.6. The maximum Gasteiger partial charge on any atom is 0.278 e. The molecule has 1 aliphatic heterocycles. The first-order valence-corrected chi connectivity index (χ1v) is 12.5. The topological polar surface area (TPSA) is 89.7 Å². The van der Waals surface area contributed by atoms with E-state index in [2.05, 4.69) is 54.6 Å². The zero-order valence-corrected chi connectivity index (χ0v) is 20.5. The third kappa shape index (κ3) is 4.12. The monoisotopic (exact) mass is 469 g/mol. The summed E-state index contributed by atoms with van der Waals surface area (Å²) < 4.78 is 3.70. The summed E-state index contributed by atoms with van der Waals surface area (Å²) in [7, 11) is 0. The highest BCUT2D eigenvalue weighted by Crippen LogP contribution is 2.35. The largest absolute Gasteiger partial charge is 0.324 e. The van der Waals surface area contributed by atoms with Gasteiger partial charge in [-0.3, -0.25) is 4.79 Å². The third-order valence-corrected chi connectivity index (χ3v) is 6.84. The molecule has 8 heteroatoms. The van der Waals surface area contributed by atoms with Gasteiger partial charge in [-0.25, -0.2) is 19.3 Å². The van der Waals surface area contributed by atoms with Gasteiger partial charge in [-0.2, -0.15) is 4.98 Å². The van der Waals surface area contributed by atoms with Gasteiger partial charge >= 0.3 is 0 Å². The predicted molar refractivity (Wildman–Crippen MR) is 138 cm³/mol. The lowest BCUT2D eigenvalue weighted by Gasteiger charge is -2.19. The summed E-state index contributed by atoms with van der Waals surface area (Å²) in [6.45, 7) is 8.42. The number of fused-ring (bicyclic) bond motifs is 2. The molecule has 35 heavy (non-hydrogen) atoms. The number of benzene rings is 1. The zero-order chi connectivity index (χ0) is 24.2. The summed E-state index contributed by atoms with van der Waals surface area (Å²) in [4.78, 5) is 27.6. The van der Waals surface area contributed by atoms with E-state index in [0.29, 0.717) is 22.8 Å². The van der Waals surface area contributed by atoms with Crippen LogP contribution in [0.25, 0.3) is 16.9 Å². The predicted octanol–water partition coefficient (Wildman–Crippen LogP) is 4.04. The van der Waals surface area contributed by atoms with Crippen LogP contribution in [0, 0.1) is 0 Å². The van der Waals surface area contributed by atoms with Crippen molar-refractivity contribution in [3.63, 3.8) is 0 Å². The highest BCUT2D eigenvalue weighted by Gasteiger charge is 2.31. The normalized spacial score (nSPS) is 16.2. The van der Waals surface area contributed by atoms with Crippen LogP contribution in [-0.2, 0) is 18.3 Å². The Morgan fingerprint density at radius 3 is 2.60 bits per heavy atom. The van der Waals surface area contributed by atoms with E-state index in [9.17, 15) is 4.79 Å². The highest BCUT2D eigenvalue weighted by molar-refractivity contribution is 5.77. The fraction of sp³-hybridized carbons (Fsp3) is 0.407. The van der Waals surface area contributed by atoms with Crippen LogP contribution < -0.4 is 16.2 Å². The maximum absolute atomic E-state index is 13.4. The number of aromatic nitrogens is 5. The molecular weight excluding hydrogens is 438 g/mol. The van der Waals surface area contributed by atoms with Crippen LogP contribution in [0.5, 0.6) is 0 Å². The number of nitrogens with one attached hydrogen (secondary N) is 2. The summed E-state index contributed by atoms with van der Waals surface area (Å²) in [6.07, 6.45) is 5.66. The quantitative estimate of drug-likeness (QED) is 0.469. The number of rotatable bonds is 4. The molecule has 0 unspecified atom stereocenters. The first-order chi connectivity index (χ1) is 16.9. The lowest BCUT2D eigenvalue weighted by atomic mass is 9.92. The van der Waals surface area contributed by atoms with E-state index in [1.54, 1.807) is 6.20 Å². The minimum Gasteiger partial charge on any atom is -0.324 e. The van der Waals surface area contributed by atoms with Gasteiger partial charge in [-0.05, 0) is 74.2 Å². The Kier molecular flexibility index (Phi) is 5.21. The van der Waals surface area contributed by atoms with Crippen molar-refractivity contribution in [2.24, 2.45) is 0 Å². The molecule has 4 aromatic rings. The molecule has 1 aromatic carbocycles. The summed E-state index contributed by atoms with van der Waals surface area (Å²) in [5, 5.41) is 7.33. The van der Waals surface area contributed by atoms with Gasteiger partial charge in [0.15, 0.2) is 11.5 Å². The Morgan fingerprint density at radius 1 is 1.03 bits per heavy atom. The SMILES string of the molecule is CC(C)(C)c1cccc(-n2c3nc(Nc4ccc5c(c4)CCNCC5)ncc3c(=O)n2C2CC2)n1. The summed E-state index contributed by atoms with van der Waals surface area (Å²) in [6, 6.07) is 12.6. The Labute approximate surface area is 204 Å². The van der Waals surface area contributed by atoms with Gasteiger partial charge in [0, 0.05) is 23.0 Å². The van der Waals surface area contributed by atoms with Gasteiger partial charge in [0.25, 0.3) is 5.56 Å². The molecule has 0 spiro atoms. The van der Waals surface area contributed by atoms with Crippen molar-refractivity contribution in [2.45, 2.75) is 57.9 Å². The Bertz CT molecular complexity index is 1470. The van der Waals surface area contributed by atoms with Gasteiger partial charge in [-0.1, -0.05) is 32.9 Å². The third-order valence-electron chi connectivity index (χ3n) is 6.84. The van der Waals surface area contributed by atoms with Crippen LogP contribution in [0.3, 0.4) is 0 Å². The Balaban J connectivity index is 1.45. The lowest BCUT2D eigenvalue weighted by Crippen LogP contribution is -2.23. The summed E-state index contributed by atoms with van der Waals surface area (Å²) in [5.74, 6) is 1.18. The number of hydrogen-bond donors (Lipinski definition) is 2. The second kappa shape index (κ2) is 8.30. The van der Waals surface area contributed by atoms with Gasteiger partial charge < -0.3 is 10.6 Å². The van der Waals surface area contributed by atoms with E-state index in [0.717, 1.165) is 50.2 Å². The van der Waals surface area contributed by atoms with Gasteiger partial charge in [0.2, 0.25) is 5.95 Å². The lowest BCUT2D eigenvalue weighted by molar-refractivity contribution is 0.537. The molecule has 0 bridgehead atoms. The van der Waals surface area contributed by atoms with E-state index in [1.165, 1.54) is 11.1 Å². The van der Waals surface area contributed by atoms with Crippen molar-refractivity contribution in [2.75, 3.05) is 18.4 Å². The van der Waals surface area contributed by atoms with Crippen LogP contribution in [0.1, 0.15) is 56.5 Å². The van der Waals surface area contributed by atoms with Gasteiger partial charge in [0.05, 0.1) is 6.04 Å². The van der Waals surface area contributed by atoms with Crippen molar-refractivity contribution in [3.8, 4) is 5.82 Å². The first-order valence-electron chi connectivity index (χ1n) is 12.5. The molecule has 180 valence electrons. The minimum absolute atomic E-state index is 0.0606. The molecule has 2 N–H and O–H groups in total. The average molecular weight is 470 g/mol. The Hall–Kier alpha value is -3.52. The molecule has 0 amide bonds. The number of pyridine rings is 1. The molecule has 0 atom stereocenters. The fourth-order valence-electron chi connectivity index (χ4n) is 4.77. The number of anilines is 2. The van der Waals surface area contributed by atoms with E-state index < -0.39 is 0 Å². The van der Waals surface area contributed by atoms with Crippen LogP contribution in [0.15, 0.2) is 47.4 Å². The van der Waals surface area contributed by atoms with Crippen LogP contribution >= 0.6 is 0 Å². The molecule has 6 rings (SSSR count). The second-order valence-electron chi connectivity index (χ2n) is 10.6. The van der Waals surface area contributed by atoms with Crippen LogP contribution in [0.2, 0.25) is 0 Å². The molecule has 1 saturated carbocycles. The number of nitrogens with zero attached hydrogens (tertiary/aromatic N) is 5. The standard InChI is InChI=1S/C27H31N7O/c1-27(2,3)22-5-4-6-23(31-22)34-24-21(25(35)33(34)20-9-10-20)16-29-26(32-24)30-19-8-7-17-11-13-28-14-12-18(17)15-19/h4-8,15-16,20,28H,9-14H2,1-3H3,(H,29,30,32). The maximum atomic E-state index is 13.4. The van der Waals surface area contributed by atoms with E-state index in [4.69, 9.17) is 9.97 Å². The highest BCUT2D eigenvalue weighted by atomic mass is 16.1. The molecule has 2 aliphatic rings. The Morgan fingerprint density at radius 2 is 1.83 bits per heavy atom. The van der Waals surface area contributed by atoms with Gasteiger partial charge in [0.1, 0.15) is 5.39 Å². The molecule has 3 aromatic heterocycles. The van der Waals surface area contributed by atoms with Crippen molar-refractivity contribution in [1.29, 1.82) is 0 Å². The molecular formula is C27H31N7O. The van der Waals surface area contributed by atoms with Crippen molar-refractivity contribution < 1.29 is 0 Å². The van der Waals surface area contributed by atoms with Crippen LogP contribution in [0.4, 0.5) is 11.6 Å². The smallest absolute Gasteiger partial charge is 0.278 e. The first kappa shape index (κ1) is 22.0. The van der Waals surface area contributed by atoms with Gasteiger partial charge in [-0.15, -0.1) is 0 Å². The fourth-order valence-corrected chi connectivity index (χ4v) is 4.77. The molecule has 1 aliphatic carbocycles. The summed E-state index contributed by atoms with van der Waals surface area (Å²) >= 11 is 0. The average Bonchev–Trinajstić information content (AvgIpc) is 3.66. The van der Waals surface area contributed by atoms with E-state index in [-0.39, 0.29) is 17.0 Å². The van der Waals surface area contributed by atoms with Crippen molar-refractivity contribution in [1.82, 2.24) is 29.6 Å². The number of hydrogen-bond acceptors (Lipinski definition) is 6.